The highest BCUT2D eigenvalue weighted by molar-refractivity contribution is 7.22. The summed E-state index contributed by atoms with van der Waals surface area (Å²) in [5, 5.41) is 12.0. The largest absolute Gasteiger partial charge is 0.482 e. The Balaban J connectivity index is 1.64. The van der Waals surface area contributed by atoms with Crippen LogP contribution in [0.2, 0.25) is 5.02 Å². The van der Waals surface area contributed by atoms with Gasteiger partial charge in [-0.1, -0.05) is 22.9 Å². The monoisotopic (exact) mass is 361 g/mol. The van der Waals surface area contributed by atoms with Crippen molar-refractivity contribution in [3.05, 3.63) is 52.8 Å². The first-order valence-corrected chi connectivity index (χ1v) is 7.93. The van der Waals surface area contributed by atoms with Crippen LogP contribution in [-0.4, -0.2) is 17.5 Å². The average molecular weight is 362 g/mol. The highest BCUT2D eigenvalue weighted by atomic mass is 35.5. The van der Waals surface area contributed by atoms with Crippen LogP contribution >= 0.6 is 22.9 Å². The van der Waals surface area contributed by atoms with Crippen LogP contribution in [0.3, 0.4) is 0 Å². The summed E-state index contributed by atoms with van der Waals surface area (Å²) in [7, 11) is 0. The molecule has 0 saturated carbocycles. The van der Waals surface area contributed by atoms with Crippen molar-refractivity contribution in [2.24, 2.45) is 0 Å². The maximum Gasteiger partial charge on any atom is 0.264 e. The molecule has 0 aliphatic carbocycles. The van der Waals surface area contributed by atoms with Gasteiger partial charge in [0.15, 0.2) is 11.7 Å². The second kappa shape index (κ2) is 6.83. The van der Waals surface area contributed by atoms with Crippen molar-refractivity contribution < 1.29 is 13.9 Å². The highest BCUT2D eigenvalue weighted by Crippen LogP contribution is 2.27. The van der Waals surface area contributed by atoms with E-state index in [0.717, 1.165) is 0 Å². The highest BCUT2D eigenvalue weighted by Gasteiger charge is 2.10. The Labute approximate surface area is 145 Å². The van der Waals surface area contributed by atoms with Gasteiger partial charge in [-0.15, -0.1) is 0 Å². The Morgan fingerprint density at radius 3 is 2.96 bits per heavy atom. The molecule has 0 fully saturated rings. The van der Waals surface area contributed by atoms with Gasteiger partial charge in [0.2, 0.25) is 0 Å². The summed E-state index contributed by atoms with van der Waals surface area (Å²) in [5.74, 6) is -0.477. The molecule has 24 heavy (non-hydrogen) atoms. The Morgan fingerprint density at radius 1 is 1.38 bits per heavy atom. The molecule has 1 N–H and O–H groups in total. The van der Waals surface area contributed by atoms with E-state index in [0.29, 0.717) is 26.7 Å². The van der Waals surface area contributed by atoms with E-state index in [1.807, 2.05) is 6.07 Å². The van der Waals surface area contributed by atoms with Gasteiger partial charge in [0, 0.05) is 0 Å². The van der Waals surface area contributed by atoms with Crippen LogP contribution in [0.4, 0.5) is 9.52 Å². The fraction of sp³-hybridized carbons (Fsp3) is 0.0625. The lowest BCUT2D eigenvalue weighted by molar-refractivity contribution is -0.118. The van der Waals surface area contributed by atoms with E-state index >= 15 is 0 Å². The molecule has 0 saturated heterocycles. The lowest BCUT2D eigenvalue weighted by Crippen LogP contribution is -2.20. The molecule has 3 rings (SSSR count). The molecule has 0 atom stereocenters. The average Bonchev–Trinajstić information content (AvgIpc) is 2.94. The zero-order valence-corrected chi connectivity index (χ0v) is 13.6. The minimum atomic E-state index is -0.421. The van der Waals surface area contributed by atoms with Gasteiger partial charge in [0.25, 0.3) is 5.91 Å². The zero-order valence-electron chi connectivity index (χ0n) is 12.0. The molecule has 1 amide bonds. The van der Waals surface area contributed by atoms with Crippen LogP contribution < -0.4 is 10.1 Å². The number of aromatic nitrogens is 1. The summed E-state index contributed by atoms with van der Waals surface area (Å²) in [6.07, 6.45) is 0. The van der Waals surface area contributed by atoms with E-state index in [9.17, 15) is 9.18 Å². The van der Waals surface area contributed by atoms with Crippen molar-refractivity contribution in [2.75, 3.05) is 11.9 Å². The molecule has 3 aromatic rings. The van der Waals surface area contributed by atoms with E-state index in [2.05, 4.69) is 10.3 Å². The minimum absolute atomic E-state index is 0.248. The van der Waals surface area contributed by atoms with Gasteiger partial charge in [-0.05, 0) is 36.4 Å². The molecule has 8 heteroatoms. The van der Waals surface area contributed by atoms with Gasteiger partial charge in [0.1, 0.15) is 11.6 Å². The van der Waals surface area contributed by atoms with Gasteiger partial charge in [-0.25, -0.2) is 9.37 Å². The van der Waals surface area contributed by atoms with E-state index in [-0.39, 0.29) is 17.4 Å². The van der Waals surface area contributed by atoms with Crippen molar-refractivity contribution in [3.63, 3.8) is 0 Å². The van der Waals surface area contributed by atoms with Crippen LogP contribution in [0, 0.1) is 17.1 Å². The number of halogens is 2. The predicted molar refractivity (Wildman–Crippen MR) is 89.9 cm³/mol. The van der Waals surface area contributed by atoms with Gasteiger partial charge >= 0.3 is 0 Å². The molecule has 0 aliphatic rings. The van der Waals surface area contributed by atoms with Crippen LogP contribution in [0.1, 0.15) is 5.56 Å². The number of fused-ring (bicyclic) bond motifs is 1. The molecular weight excluding hydrogens is 353 g/mol. The summed E-state index contributed by atoms with van der Waals surface area (Å²) < 4.78 is 19.1. The number of amides is 1. The number of benzene rings is 2. The maximum absolute atomic E-state index is 13.1. The number of ether oxygens (including phenoxy) is 1. The van der Waals surface area contributed by atoms with Crippen molar-refractivity contribution in [3.8, 4) is 11.8 Å². The number of hydrogen-bond acceptors (Lipinski definition) is 5. The number of thiazole rings is 1. The molecular formula is C16H9ClFN3O2S. The van der Waals surface area contributed by atoms with E-state index in [1.165, 1.54) is 35.6 Å². The van der Waals surface area contributed by atoms with E-state index < -0.39 is 5.91 Å². The number of rotatable bonds is 4. The van der Waals surface area contributed by atoms with Gasteiger partial charge in [-0.2, -0.15) is 5.26 Å². The Morgan fingerprint density at radius 2 is 2.21 bits per heavy atom. The normalized spacial score (nSPS) is 10.4. The number of anilines is 1. The smallest absolute Gasteiger partial charge is 0.264 e. The minimum Gasteiger partial charge on any atom is -0.482 e. The number of nitrogens with one attached hydrogen (secondary N) is 1. The fourth-order valence-corrected chi connectivity index (χ4v) is 3.08. The molecule has 120 valence electrons. The summed E-state index contributed by atoms with van der Waals surface area (Å²) in [6.45, 7) is -0.268. The number of hydrogen-bond donors (Lipinski definition) is 1. The third kappa shape index (κ3) is 3.62. The van der Waals surface area contributed by atoms with Gasteiger partial charge < -0.3 is 4.74 Å². The second-order valence-electron chi connectivity index (χ2n) is 4.72. The quantitative estimate of drug-likeness (QED) is 0.762. The van der Waals surface area contributed by atoms with E-state index in [1.54, 1.807) is 12.1 Å². The van der Waals surface area contributed by atoms with Crippen LogP contribution in [0.15, 0.2) is 36.4 Å². The first-order valence-electron chi connectivity index (χ1n) is 6.73. The molecule has 0 unspecified atom stereocenters. The van der Waals surface area contributed by atoms with Crippen molar-refractivity contribution >= 4 is 44.2 Å². The van der Waals surface area contributed by atoms with Gasteiger partial charge in [-0.3, -0.25) is 10.1 Å². The summed E-state index contributed by atoms with van der Waals surface area (Å²) in [5.41, 5.74) is 1.01. The van der Waals surface area contributed by atoms with Crippen LogP contribution in [0.5, 0.6) is 5.75 Å². The lowest BCUT2D eigenvalue weighted by Gasteiger charge is -2.07. The zero-order chi connectivity index (χ0) is 17.1. The SMILES string of the molecule is N#Cc1ccc(OCC(=O)Nc2nc3ccc(F)cc3s2)c(Cl)c1. The summed E-state index contributed by atoms with van der Waals surface area (Å²) in [4.78, 5) is 16.1. The molecule has 1 aromatic heterocycles. The number of nitrogens with zero attached hydrogens (tertiary/aromatic N) is 2. The van der Waals surface area contributed by atoms with Crippen molar-refractivity contribution in [1.82, 2.24) is 4.98 Å². The first-order chi connectivity index (χ1) is 11.5. The molecule has 0 aliphatic heterocycles. The molecule has 0 radical (unpaired) electrons. The van der Waals surface area contributed by atoms with Crippen molar-refractivity contribution in [1.29, 1.82) is 5.26 Å². The van der Waals surface area contributed by atoms with Crippen molar-refractivity contribution in [2.45, 2.75) is 0 Å². The van der Waals surface area contributed by atoms with Crippen LogP contribution in [0.25, 0.3) is 10.2 Å². The maximum atomic E-state index is 13.1. The number of nitriles is 1. The molecule has 2 aromatic carbocycles. The topological polar surface area (TPSA) is 75.0 Å². The third-order valence-electron chi connectivity index (χ3n) is 3.02. The summed E-state index contributed by atoms with van der Waals surface area (Å²) in [6, 6.07) is 10.7. The fourth-order valence-electron chi connectivity index (χ4n) is 1.94. The van der Waals surface area contributed by atoms with E-state index in [4.69, 9.17) is 21.6 Å². The van der Waals surface area contributed by atoms with Gasteiger partial charge in [0.05, 0.1) is 26.9 Å². The molecule has 0 spiro atoms. The second-order valence-corrected chi connectivity index (χ2v) is 6.16. The third-order valence-corrected chi connectivity index (χ3v) is 4.25. The standard InChI is InChI=1S/C16H9ClFN3O2S/c17-11-5-9(7-19)1-4-13(11)23-8-15(22)21-16-20-12-3-2-10(18)6-14(12)24-16/h1-6H,8H2,(H,20,21,22). The molecule has 1 heterocycles. The number of carbonyl (C=O) groups is 1. The molecule has 5 nitrogen and oxygen atoms in total. The Bertz CT molecular complexity index is 968. The Kier molecular flexibility index (Phi) is 4.60. The lowest BCUT2D eigenvalue weighted by atomic mass is 10.2. The predicted octanol–water partition coefficient (Wildman–Crippen LogP) is 3.98. The number of carbonyl (C=O) groups excluding carboxylic acids is 1. The molecule has 0 bridgehead atoms. The summed E-state index contributed by atoms with van der Waals surface area (Å²) >= 11 is 7.14. The first kappa shape index (κ1) is 16.2. The Hall–Kier alpha value is -2.69. The van der Waals surface area contributed by atoms with Crippen LogP contribution in [-0.2, 0) is 4.79 Å².